The van der Waals surface area contributed by atoms with E-state index in [0.29, 0.717) is 19.7 Å². The van der Waals surface area contributed by atoms with Gasteiger partial charge in [0, 0.05) is 26.2 Å². The van der Waals surface area contributed by atoms with E-state index >= 15 is 0 Å². The van der Waals surface area contributed by atoms with Crippen LogP contribution in [0.4, 0.5) is 0 Å². The first kappa shape index (κ1) is 11.5. The van der Waals surface area contributed by atoms with Crippen LogP contribution in [-0.2, 0) is 9.53 Å². The Morgan fingerprint density at radius 1 is 1.64 bits per heavy atom. The quantitative estimate of drug-likeness (QED) is 0.706. The summed E-state index contributed by atoms with van der Waals surface area (Å²) in [5.41, 5.74) is 5.45. The Balaban J connectivity index is 2.43. The Labute approximate surface area is 85.4 Å². The van der Waals surface area contributed by atoms with Gasteiger partial charge in [-0.2, -0.15) is 0 Å². The molecule has 0 aromatic heterocycles. The summed E-state index contributed by atoms with van der Waals surface area (Å²) in [7, 11) is 0. The minimum Gasteiger partial charge on any atom is -0.381 e. The van der Waals surface area contributed by atoms with Crippen molar-refractivity contribution in [1.29, 1.82) is 0 Å². The fourth-order valence-electron chi connectivity index (χ4n) is 1.77. The number of nitrogens with two attached hydrogens (primary N) is 1. The van der Waals surface area contributed by atoms with Crippen molar-refractivity contribution in [3.8, 4) is 0 Å². The molecule has 2 N–H and O–H groups in total. The van der Waals surface area contributed by atoms with Crippen molar-refractivity contribution in [1.82, 2.24) is 4.90 Å². The second kappa shape index (κ2) is 5.98. The normalized spacial score (nSPS) is 22.0. The van der Waals surface area contributed by atoms with Gasteiger partial charge in [-0.05, 0) is 19.8 Å². The maximum absolute atomic E-state index is 11.9. The Morgan fingerprint density at radius 3 is 2.93 bits per heavy atom. The summed E-state index contributed by atoms with van der Waals surface area (Å²) >= 11 is 0. The molecule has 1 saturated heterocycles. The van der Waals surface area contributed by atoms with Gasteiger partial charge in [-0.3, -0.25) is 4.79 Å². The number of carbonyl (C=O) groups excluding carboxylic acids is 1. The van der Waals surface area contributed by atoms with Crippen LogP contribution in [0.1, 0.15) is 19.8 Å². The van der Waals surface area contributed by atoms with E-state index in [9.17, 15) is 4.79 Å². The molecule has 0 aliphatic carbocycles. The molecule has 0 radical (unpaired) electrons. The van der Waals surface area contributed by atoms with E-state index in [4.69, 9.17) is 10.5 Å². The van der Waals surface area contributed by atoms with Crippen molar-refractivity contribution in [3.05, 3.63) is 0 Å². The zero-order valence-corrected chi connectivity index (χ0v) is 8.87. The van der Waals surface area contributed by atoms with Gasteiger partial charge in [0.15, 0.2) is 0 Å². The maximum Gasteiger partial charge on any atom is 0.228 e. The molecule has 1 aliphatic heterocycles. The number of hydrogen-bond donors (Lipinski definition) is 1. The van der Waals surface area contributed by atoms with Crippen LogP contribution in [-0.4, -0.2) is 43.7 Å². The highest BCUT2D eigenvalue weighted by Gasteiger charge is 2.25. The first-order valence-corrected chi connectivity index (χ1v) is 5.36. The van der Waals surface area contributed by atoms with Gasteiger partial charge in [0.2, 0.25) is 5.91 Å². The topological polar surface area (TPSA) is 55.6 Å². The number of ether oxygens (including phenoxy) is 1. The zero-order valence-electron chi connectivity index (χ0n) is 8.87. The monoisotopic (exact) mass is 200 g/mol. The van der Waals surface area contributed by atoms with E-state index < -0.39 is 0 Å². The second-order valence-corrected chi connectivity index (χ2v) is 3.62. The van der Waals surface area contributed by atoms with Gasteiger partial charge in [0.05, 0.1) is 12.5 Å². The van der Waals surface area contributed by atoms with E-state index in [2.05, 4.69) is 0 Å². The summed E-state index contributed by atoms with van der Waals surface area (Å²) in [4.78, 5) is 13.7. The van der Waals surface area contributed by atoms with E-state index in [0.717, 1.165) is 26.0 Å². The number of rotatable bonds is 4. The van der Waals surface area contributed by atoms with E-state index in [1.807, 2.05) is 11.8 Å². The molecule has 1 amide bonds. The molecule has 0 aromatic carbocycles. The molecule has 1 aliphatic rings. The molecule has 0 saturated carbocycles. The summed E-state index contributed by atoms with van der Waals surface area (Å²) in [6.45, 7) is 5.30. The molecule has 1 fully saturated rings. The van der Waals surface area contributed by atoms with Crippen molar-refractivity contribution < 1.29 is 9.53 Å². The fraction of sp³-hybridized carbons (Fsp3) is 0.900. The van der Waals surface area contributed by atoms with Crippen LogP contribution in [0.5, 0.6) is 0 Å². The lowest BCUT2D eigenvalue weighted by atomic mass is 10.0. The van der Waals surface area contributed by atoms with E-state index in [1.165, 1.54) is 0 Å². The minimum atomic E-state index is 0.0650. The first-order valence-electron chi connectivity index (χ1n) is 5.36. The summed E-state index contributed by atoms with van der Waals surface area (Å²) < 4.78 is 5.30. The third-order valence-electron chi connectivity index (χ3n) is 2.60. The van der Waals surface area contributed by atoms with Crippen molar-refractivity contribution in [2.45, 2.75) is 19.8 Å². The Morgan fingerprint density at radius 2 is 2.43 bits per heavy atom. The van der Waals surface area contributed by atoms with Gasteiger partial charge in [-0.25, -0.2) is 0 Å². The molecule has 1 rings (SSSR count). The largest absolute Gasteiger partial charge is 0.381 e. The highest BCUT2D eigenvalue weighted by Crippen LogP contribution is 2.16. The lowest BCUT2D eigenvalue weighted by Gasteiger charge is -2.28. The Kier molecular flexibility index (Phi) is 4.90. The molecule has 82 valence electrons. The van der Waals surface area contributed by atoms with Crippen LogP contribution in [0.2, 0.25) is 0 Å². The summed E-state index contributed by atoms with van der Waals surface area (Å²) in [5.74, 6) is 0.271. The first-order chi connectivity index (χ1) is 6.79. The zero-order chi connectivity index (χ0) is 10.4. The third-order valence-corrected chi connectivity index (χ3v) is 2.60. The van der Waals surface area contributed by atoms with Crippen molar-refractivity contribution in [3.63, 3.8) is 0 Å². The lowest BCUT2D eigenvalue weighted by Crippen LogP contribution is -2.41. The number of amides is 1. The molecular formula is C10H20N2O2. The van der Waals surface area contributed by atoms with Gasteiger partial charge in [0.1, 0.15) is 0 Å². The lowest BCUT2D eigenvalue weighted by molar-refractivity contribution is -0.139. The SMILES string of the molecule is CCN(CCN)C(=O)C1CCCOC1. The van der Waals surface area contributed by atoms with Crippen LogP contribution in [0.15, 0.2) is 0 Å². The Bertz CT molecular complexity index is 172. The molecule has 1 heterocycles. The van der Waals surface area contributed by atoms with Crippen molar-refractivity contribution in [2.24, 2.45) is 11.7 Å². The molecule has 0 aromatic rings. The second-order valence-electron chi connectivity index (χ2n) is 3.62. The van der Waals surface area contributed by atoms with Crippen LogP contribution in [0, 0.1) is 5.92 Å². The number of carbonyl (C=O) groups is 1. The predicted octanol–water partition coefficient (Wildman–Crippen LogP) is 0.220. The molecular weight excluding hydrogens is 180 g/mol. The van der Waals surface area contributed by atoms with E-state index in [-0.39, 0.29) is 11.8 Å². The van der Waals surface area contributed by atoms with Crippen LogP contribution >= 0.6 is 0 Å². The van der Waals surface area contributed by atoms with Crippen LogP contribution in [0.3, 0.4) is 0 Å². The predicted molar refractivity (Wildman–Crippen MR) is 54.9 cm³/mol. The molecule has 4 heteroatoms. The Hall–Kier alpha value is -0.610. The fourth-order valence-corrected chi connectivity index (χ4v) is 1.77. The molecule has 4 nitrogen and oxygen atoms in total. The van der Waals surface area contributed by atoms with Crippen molar-refractivity contribution >= 4 is 5.91 Å². The molecule has 0 bridgehead atoms. The molecule has 1 atom stereocenters. The average Bonchev–Trinajstić information content (AvgIpc) is 2.26. The number of likely N-dealkylation sites (N-methyl/N-ethyl adjacent to an activating group) is 1. The third kappa shape index (κ3) is 2.96. The van der Waals surface area contributed by atoms with Gasteiger partial charge in [-0.1, -0.05) is 0 Å². The summed E-state index contributed by atoms with van der Waals surface area (Å²) in [6, 6.07) is 0. The van der Waals surface area contributed by atoms with Gasteiger partial charge >= 0.3 is 0 Å². The molecule has 1 unspecified atom stereocenters. The van der Waals surface area contributed by atoms with Crippen molar-refractivity contribution in [2.75, 3.05) is 32.8 Å². The van der Waals surface area contributed by atoms with Crippen LogP contribution < -0.4 is 5.73 Å². The number of nitrogens with zero attached hydrogens (tertiary/aromatic N) is 1. The smallest absolute Gasteiger partial charge is 0.228 e. The average molecular weight is 200 g/mol. The van der Waals surface area contributed by atoms with Gasteiger partial charge in [0.25, 0.3) is 0 Å². The number of hydrogen-bond acceptors (Lipinski definition) is 3. The minimum absolute atomic E-state index is 0.0650. The van der Waals surface area contributed by atoms with E-state index in [1.54, 1.807) is 0 Å². The van der Waals surface area contributed by atoms with Gasteiger partial charge < -0.3 is 15.4 Å². The highest BCUT2D eigenvalue weighted by atomic mass is 16.5. The summed E-state index contributed by atoms with van der Waals surface area (Å²) in [6.07, 6.45) is 1.95. The van der Waals surface area contributed by atoms with Gasteiger partial charge in [-0.15, -0.1) is 0 Å². The molecule has 0 spiro atoms. The molecule has 14 heavy (non-hydrogen) atoms. The highest BCUT2D eigenvalue weighted by molar-refractivity contribution is 5.79. The van der Waals surface area contributed by atoms with Crippen LogP contribution in [0.25, 0.3) is 0 Å². The standard InChI is InChI=1S/C10H20N2O2/c1-2-12(6-5-11)10(13)9-4-3-7-14-8-9/h9H,2-8,11H2,1H3. The maximum atomic E-state index is 11.9. The summed E-state index contributed by atoms with van der Waals surface area (Å²) in [5, 5.41) is 0.